The van der Waals surface area contributed by atoms with E-state index in [1.807, 2.05) is 20.8 Å². The number of hydrogen-bond donors (Lipinski definition) is 1. The third-order valence-electron chi connectivity index (χ3n) is 2.63. The Morgan fingerprint density at radius 2 is 1.80 bits per heavy atom. The molecule has 0 radical (unpaired) electrons. The minimum atomic E-state index is -3.68. The van der Waals surface area contributed by atoms with Crippen LogP contribution in [0.3, 0.4) is 0 Å². The average Bonchev–Trinajstić information content (AvgIpc) is 2.71. The normalized spacial score (nSPS) is 12.4. The van der Waals surface area contributed by atoms with Crippen molar-refractivity contribution in [1.29, 1.82) is 0 Å². The average molecular weight is 359 g/mol. The maximum absolute atomic E-state index is 12.2. The number of anilines is 1. The van der Waals surface area contributed by atoms with Gasteiger partial charge in [0.05, 0.1) is 4.90 Å². The Morgan fingerprint density at radius 3 is 2.30 bits per heavy atom. The lowest BCUT2D eigenvalue weighted by Gasteiger charge is -2.14. The summed E-state index contributed by atoms with van der Waals surface area (Å²) in [5.74, 6) is 0.0822. The molecule has 7 heteroatoms. The van der Waals surface area contributed by atoms with Crippen LogP contribution < -0.4 is 4.72 Å². The van der Waals surface area contributed by atoms with Crippen LogP contribution in [-0.4, -0.2) is 13.6 Å². The van der Waals surface area contributed by atoms with Crippen molar-refractivity contribution in [2.24, 2.45) is 0 Å². The van der Waals surface area contributed by atoms with Crippen molar-refractivity contribution in [3.63, 3.8) is 0 Å². The van der Waals surface area contributed by atoms with E-state index in [-0.39, 0.29) is 16.2 Å². The van der Waals surface area contributed by atoms with Gasteiger partial charge in [0.2, 0.25) is 0 Å². The molecule has 1 aromatic heterocycles. The second-order valence-electron chi connectivity index (χ2n) is 5.34. The van der Waals surface area contributed by atoms with Gasteiger partial charge in [0.15, 0.2) is 0 Å². The van der Waals surface area contributed by atoms with Gasteiger partial charge in [-0.25, -0.2) is 13.1 Å². The van der Waals surface area contributed by atoms with Crippen LogP contribution in [0.15, 0.2) is 44.2 Å². The number of sulfonamides is 1. The van der Waals surface area contributed by atoms with Gasteiger partial charge < -0.3 is 4.52 Å². The van der Waals surface area contributed by atoms with Crippen molar-refractivity contribution in [1.82, 2.24) is 5.16 Å². The second kappa shape index (κ2) is 5.21. The summed E-state index contributed by atoms with van der Waals surface area (Å²) in [5.41, 5.74) is 0.405. The highest BCUT2D eigenvalue weighted by atomic mass is 79.9. The first-order valence-electron chi connectivity index (χ1n) is 5.95. The number of aromatic nitrogens is 1. The van der Waals surface area contributed by atoms with E-state index in [0.29, 0.717) is 10.2 Å². The SMILES string of the molecule is CC(C)(C)c1noc(NS(=O)(=O)c2ccccc2)c1Br. The molecule has 0 atom stereocenters. The van der Waals surface area contributed by atoms with Crippen LogP contribution in [0.2, 0.25) is 0 Å². The lowest BCUT2D eigenvalue weighted by Crippen LogP contribution is -2.14. The Morgan fingerprint density at radius 1 is 1.20 bits per heavy atom. The van der Waals surface area contributed by atoms with Crippen molar-refractivity contribution >= 4 is 31.8 Å². The predicted molar refractivity (Wildman–Crippen MR) is 80.2 cm³/mol. The molecule has 0 amide bonds. The van der Waals surface area contributed by atoms with Crippen LogP contribution in [0.4, 0.5) is 5.88 Å². The van der Waals surface area contributed by atoms with Crippen molar-refractivity contribution in [2.45, 2.75) is 31.1 Å². The standard InChI is InChI=1S/C13H15BrN2O3S/c1-13(2,3)11-10(14)12(19-15-11)16-20(17,18)9-7-5-4-6-8-9/h4-8,16H,1-3H3. The van der Waals surface area contributed by atoms with Crippen molar-refractivity contribution in [3.8, 4) is 0 Å². The molecule has 108 valence electrons. The lowest BCUT2D eigenvalue weighted by molar-refractivity contribution is 0.405. The summed E-state index contributed by atoms with van der Waals surface area (Å²) in [6.07, 6.45) is 0. The Kier molecular flexibility index (Phi) is 3.93. The van der Waals surface area contributed by atoms with Crippen molar-refractivity contribution in [3.05, 3.63) is 40.5 Å². The predicted octanol–water partition coefficient (Wildman–Crippen LogP) is 3.54. The molecule has 0 spiro atoms. The summed E-state index contributed by atoms with van der Waals surface area (Å²) < 4.78 is 32.4. The molecule has 0 unspecified atom stereocenters. The zero-order chi connectivity index (χ0) is 15.0. The fourth-order valence-corrected chi connectivity index (χ4v) is 3.58. The van der Waals surface area contributed by atoms with Gasteiger partial charge in [0, 0.05) is 5.41 Å². The van der Waals surface area contributed by atoms with Gasteiger partial charge in [-0.3, -0.25) is 0 Å². The van der Waals surface area contributed by atoms with E-state index in [0.717, 1.165) is 0 Å². The number of halogens is 1. The zero-order valence-corrected chi connectivity index (χ0v) is 13.7. The van der Waals surface area contributed by atoms with Gasteiger partial charge >= 0.3 is 0 Å². The summed E-state index contributed by atoms with van der Waals surface area (Å²) in [6, 6.07) is 8.09. The van der Waals surface area contributed by atoms with E-state index in [1.165, 1.54) is 12.1 Å². The van der Waals surface area contributed by atoms with Gasteiger partial charge in [-0.15, -0.1) is 0 Å². The maximum Gasteiger partial charge on any atom is 0.264 e. The molecule has 0 aliphatic rings. The molecule has 0 aliphatic carbocycles. The van der Waals surface area contributed by atoms with E-state index in [1.54, 1.807) is 18.2 Å². The van der Waals surface area contributed by atoms with Crippen LogP contribution >= 0.6 is 15.9 Å². The Bertz CT molecular complexity index is 703. The smallest absolute Gasteiger partial charge is 0.264 e. The first-order valence-corrected chi connectivity index (χ1v) is 8.23. The molecule has 0 fully saturated rings. The Hall–Kier alpha value is -1.34. The molecule has 2 rings (SSSR count). The number of hydrogen-bond acceptors (Lipinski definition) is 4. The molecule has 1 heterocycles. The molecule has 1 N–H and O–H groups in total. The van der Waals surface area contributed by atoms with Gasteiger partial charge in [0.25, 0.3) is 15.9 Å². The van der Waals surface area contributed by atoms with E-state index >= 15 is 0 Å². The molecule has 0 saturated heterocycles. The van der Waals surface area contributed by atoms with E-state index < -0.39 is 10.0 Å². The van der Waals surface area contributed by atoms with Crippen LogP contribution in [0, 0.1) is 0 Å². The third-order valence-corrected chi connectivity index (χ3v) is 4.71. The minimum Gasteiger partial charge on any atom is -0.336 e. The molecular formula is C13H15BrN2O3S. The highest BCUT2D eigenvalue weighted by Crippen LogP contribution is 2.35. The minimum absolute atomic E-state index is 0.0822. The Labute approximate surface area is 126 Å². The highest BCUT2D eigenvalue weighted by molar-refractivity contribution is 9.10. The highest BCUT2D eigenvalue weighted by Gasteiger charge is 2.27. The molecule has 2 aromatic rings. The third kappa shape index (κ3) is 3.04. The van der Waals surface area contributed by atoms with Crippen LogP contribution in [-0.2, 0) is 15.4 Å². The van der Waals surface area contributed by atoms with Gasteiger partial charge in [-0.2, -0.15) is 0 Å². The summed E-state index contributed by atoms with van der Waals surface area (Å²) in [7, 11) is -3.68. The lowest BCUT2D eigenvalue weighted by atomic mass is 9.92. The van der Waals surface area contributed by atoms with Crippen molar-refractivity contribution in [2.75, 3.05) is 4.72 Å². The van der Waals surface area contributed by atoms with Gasteiger partial charge in [-0.1, -0.05) is 44.1 Å². The summed E-state index contributed by atoms with van der Waals surface area (Å²) >= 11 is 3.33. The molecule has 0 saturated carbocycles. The number of nitrogens with one attached hydrogen (secondary N) is 1. The fourth-order valence-electron chi connectivity index (χ4n) is 1.59. The van der Waals surface area contributed by atoms with E-state index in [4.69, 9.17) is 4.52 Å². The van der Waals surface area contributed by atoms with E-state index in [2.05, 4.69) is 25.8 Å². The largest absolute Gasteiger partial charge is 0.336 e. The quantitative estimate of drug-likeness (QED) is 0.910. The molecule has 0 bridgehead atoms. The zero-order valence-electron chi connectivity index (χ0n) is 11.3. The summed E-state index contributed by atoms with van der Waals surface area (Å²) in [4.78, 5) is 0.167. The number of nitrogens with zero attached hydrogens (tertiary/aromatic N) is 1. The summed E-state index contributed by atoms with van der Waals surface area (Å²) in [5, 5.41) is 3.92. The molecule has 5 nitrogen and oxygen atoms in total. The Balaban J connectivity index is 2.34. The molecule has 0 aliphatic heterocycles. The van der Waals surface area contributed by atoms with E-state index in [9.17, 15) is 8.42 Å². The topological polar surface area (TPSA) is 72.2 Å². The maximum atomic E-state index is 12.2. The van der Waals surface area contributed by atoms with Crippen LogP contribution in [0.25, 0.3) is 0 Å². The van der Waals surface area contributed by atoms with Gasteiger partial charge in [-0.05, 0) is 28.1 Å². The monoisotopic (exact) mass is 358 g/mol. The number of benzene rings is 1. The van der Waals surface area contributed by atoms with Crippen LogP contribution in [0.5, 0.6) is 0 Å². The first-order chi connectivity index (χ1) is 9.22. The first kappa shape index (κ1) is 15.1. The van der Waals surface area contributed by atoms with Crippen LogP contribution in [0.1, 0.15) is 26.5 Å². The summed E-state index contributed by atoms with van der Waals surface area (Å²) in [6.45, 7) is 5.89. The molecule has 1 aromatic carbocycles. The number of rotatable bonds is 3. The molecular weight excluding hydrogens is 344 g/mol. The fraction of sp³-hybridized carbons (Fsp3) is 0.308. The molecule has 20 heavy (non-hydrogen) atoms. The van der Waals surface area contributed by atoms with Crippen molar-refractivity contribution < 1.29 is 12.9 Å². The second-order valence-corrected chi connectivity index (χ2v) is 7.82. The van der Waals surface area contributed by atoms with Gasteiger partial charge in [0.1, 0.15) is 10.2 Å².